The normalized spacial score (nSPS) is 15.1. The third-order valence-corrected chi connectivity index (χ3v) is 2.80. The van der Waals surface area contributed by atoms with Crippen molar-refractivity contribution in [2.45, 2.75) is 25.4 Å². The van der Waals surface area contributed by atoms with Crippen molar-refractivity contribution in [2.24, 2.45) is 0 Å². The first kappa shape index (κ1) is 11.7. The molecule has 0 aromatic heterocycles. The van der Waals surface area contributed by atoms with Gasteiger partial charge in [0.15, 0.2) is 0 Å². The van der Waals surface area contributed by atoms with Gasteiger partial charge in [0.25, 0.3) is 0 Å². The van der Waals surface area contributed by atoms with Crippen molar-refractivity contribution in [3.63, 3.8) is 0 Å². The van der Waals surface area contributed by atoms with Crippen LogP contribution in [0.15, 0.2) is 18.2 Å². The number of rotatable bonds is 6. The average Bonchev–Trinajstić information content (AvgIpc) is 3.09. The zero-order chi connectivity index (χ0) is 11.4. The Morgan fingerprint density at radius 1 is 1.44 bits per heavy atom. The molecule has 1 fully saturated rings. The van der Waals surface area contributed by atoms with E-state index in [4.69, 9.17) is 16.3 Å². The van der Waals surface area contributed by atoms with Crippen molar-refractivity contribution in [1.82, 2.24) is 5.32 Å². The molecular formula is C12H15ClFNO. The molecule has 0 saturated heterocycles. The third-order valence-electron chi connectivity index (χ3n) is 2.50. The van der Waals surface area contributed by atoms with Gasteiger partial charge in [-0.25, -0.2) is 4.39 Å². The van der Waals surface area contributed by atoms with E-state index < -0.39 is 6.67 Å². The summed E-state index contributed by atoms with van der Waals surface area (Å²) < 4.78 is 17.1. The summed E-state index contributed by atoms with van der Waals surface area (Å²) in [5, 5.41) is 3.95. The van der Waals surface area contributed by atoms with Crippen LogP contribution in [0, 0.1) is 0 Å². The fourth-order valence-corrected chi connectivity index (χ4v) is 1.73. The summed E-state index contributed by atoms with van der Waals surface area (Å²) in [6.45, 7) is 0.383. The minimum atomic E-state index is -0.499. The monoisotopic (exact) mass is 243 g/mol. The Hall–Kier alpha value is -0.800. The first-order valence-electron chi connectivity index (χ1n) is 5.50. The lowest BCUT2D eigenvalue weighted by molar-refractivity contribution is 0.273. The van der Waals surface area contributed by atoms with Crippen molar-refractivity contribution in [2.75, 3.05) is 13.3 Å². The Labute approximate surface area is 99.7 Å². The molecule has 0 atom stereocenters. The maximum absolute atomic E-state index is 11.9. The first-order chi connectivity index (χ1) is 7.79. The summed E-state index contributed by atoms with van der Waals surface area (Å²) >= 11 is 6.02. The Kier molecular flexibility index (Phi) is 4.02. The minimum absolute atomic E-state index is 0.0550. The van der Waals surface area contributed by atoms with Crippen LogP contribution in [0.4, 0.5) is 4.39 Å². The zero-order valence-electron chi connectivity index (χ0n) is 9.01. The maximum Gasteiger partial charge on any atom is 0.138 e. The standard InChI is InChI=1S/C12H15ClFNO/c13-11-7-9(8-15-10-2-3-10)1-4-12(11)16-6-5-14/h1,4,7,10,15H,2-3,5-6,8H2. The molecule has 0 spiro atoms. The molecule has 0 aliphatic heterocycles. The van der Waals surface area contributed by atoms with Crippen LogP contribution in [0.1, 0.15) is 18.4 Å². The molecule has 0 bridgehead atoms. The minimum Gasteiger partial charge on any atom is -0.489 e. The van der Waals surface area contributed by atoms with E-state index in [1.807, 2.05) is 12.1 Å². The number of alkyl halides is 1. The van der Waals surface area contributed by atoms with E-state index in [1.54, 1.807) is 6.07 Å². The Balaban J connectivity index is 1.91. The Morgan fingerprint density at radius 3 is 2.88 bits per heavy atom. The summed E-state index contributed by atoms with van der Waals surface area (Å²) in [5.41, 5.74) is 1.13. The van der Waals surface area contributed by atoms with E-state index in [1.165, 1.54) is 12.8 Å². The van der Waals surface area contributed by atoms with E-state index >= 15 is 0 Å². The smallest absolute Gasteiger partial charge is 0.138 e. The van der Waals surface area contributed by atoms with Crippen LogP contribution in [0.2, 0.25) is 5.02 Å². The summed E-state index contributed by atoms with van der Waals surface area (Å²) in [6, 6.07) is 6.29. The number of ether oxygens (including phenoxy) is 1. The lowest BCUT2D eigenvalue weighted by Crippen LogP contribution is -2.15. The van der Waals surface area contributed by atoms with Gasteiger partial charge in [0.1, 0.15) is 19.0 Å². The average molecular weight is 244 g/mol. The molecule has 0 heterocycles. The number of hydrogen-bond donors (Lipinski definition) is 1. The highest BCUT2D eigenvalue weighted by molar-refractivity contribution is 6.32. The maximum atomic E-state index is 11.9. The third kappa shape index (κ3) is 3.35. The first-order valence-corrected chi connectivity index (χ1v) is 5.88. The largest absolute Gasteiger partial charge is 0.489 e. The lowest BCUT2D eigenvalue weighted by Gasteiger charge is -2.08. The molecule has 0 unspecified atom stereocenters. The van der Waals surface area contributed by atoms with Crippen LogP contribution < -0.4 is 10.1 Å². The highest BCUT2D eigenvalue weighted by Gasteiger charge is 2.19. The van der Waals surface area contributed by atoms with Gasteiger partial charge in [-0.3, -0.25) is 0 Å². The highest BCUT2D eigenvalue weighted by Crippen LogP contribution is 2.26. The number of benzene rings is 1. The summed E-state index contributed by atoms with van der Waals surface area (Å²) in [5.74, 6) is 0.550. The van der Waals surface area contributed by atoms with Crippen molar-refractivity contribution < 1.29 is 9.13 Å². The van der Waals surface area contributed by atoms with E-state index in [2.05, 4.69) is 5.32 Å². The fourth-order valence-electron chi connectivity index (χ4n) is 1.47. The van der Waals surface area contributed by atoms with Gasteiger partial charge in [0, 0.05) is 12.6 Å². The van der Waals surface area contributed by atoms with E-state index in [0.717, 1.165) is 12.1 Å². The molecule has 1 saturated carbocycles. The molecule has 0 amide bonds. The van der Waals surface area contributed by atoms with Gasteiger partial charge in [-0.1, -0.05) is 17.7 Å². The number of nitrogens with one attached hydrogen (secondary N) is 1. The van der Waals surface area contributed by atoms with Crippen LogP contribution >= 0.6 is 11.6 Å². The van der Waals surface area contributed by atoms with E-state index in [-0.39, 0.29) is 6.61 Å². The second-order valence-electron chi connectivity index (χ2n) is 3.96. The van der Waals surface area contributed by atoms with Crippen LogP contribution in [0.5, 0.6) is 5.75 Å². The second-order valence-corrected chi connectivity index (χ2v) is 4.36. The molecule has 1 aliphatic carbocycles. The molecule has 1 N–H and O–H groups in total. The lowest BCUT2D eigenvalue weighted by atomic mass is 10.2. The Bertz CT molecular complexity index is 355. The van der Waals surface area contributed by atoms with E-state index in [9.17, 15) is 4.39 Å². The van der Waals surface area contributed by atoms with Gasteiger partial charge in [-0.15, -0.1) is 0 Å². The quantitative estimate of drug-likeness (QED) is 0.830. The van der Waals surface area contributed by atoms with Crippen LogP contribution in [0.25, 0.3) is 0 Å². The molecule has 88 valence electrons. The van der Waals surface area contributed by atoms with E-state index in [0.29, 0.717) is 16.8 Å². The van der Waals surface area contributed by atoms with Gasteiger partial charge in [-0.05, 0) is 30.5 Å². The molecule has 16 heavy (non-hydrogen) atoms. The molecule has 1 aliphatic rings. The predicted octanol–water partition coefficient (Wildman–Crippen LogP) is 2.94. The molecular weight excluding hydrogens is 229 g/mol. The summed E-state index contributed by atoms with van der Waals surface area (Å²) in [6.07, 6.45) is 2.54. The molecule has 0 radical (unpaired) electrons. The topological polar surface area (TPSA) is 21.3 Å². The SMILES string of the molecule is FCCOc1ccc(CNC2CC2)cc1Cl. The second kappa shape index (κ2) is 5.51. The molecule has 4 heteroatoms. The van der Waals surface area contributed by atoms with Crippen molar-refractivity contribution in [3.8, 4) is 5.75 Å². The molecule has 1 aromatic rings. The molecule has 1 aromatic carbocycles. The van der Waals surface area contributed by atoms with Crippen LogP contribution in [-0.2, 0) is 6.54 Å². The van der Waals surface area contributed by atoms with Gasteiger partial charge < -0.3 is 10.1 Å². The zero-order valence-corrected chi connectivity index (χ0v) is 9.77. The van der Waals surface area contributed by atoms with Gasteiger partial charge >= 0.3 is 0 Å². The number of halogens is 2. The Morgan fingerprint density at radius 2 is 2.25 bits per heavy atom. The fraction of sp³-hybridized carbons (Fsp3) is 0.500. The summed E-state index contributed by atoms with van der Waals surface area (Å²) in [7, 11) is 0. The van der Waals surface area contributed by atoms with Gasteiger partial charge in [0.05, 0.1) is 5.02 Å². The van der Waals surface area contributed by atoms with Crippen molar-refractivity contribution in [1.29, 1.82) is 0 Å². The van der Waals surface area contributed by atoms with Gasteiger partial charge in [-0.2, -0.15) is 0 Å². The van der Waals surface area contributed by atoms with Crippen molar-refractivity contribution >= 4 is 11.6 Å². The number of hydrogen-bond acceptors (Lipinski definition) is 2. The molecule has 2 nitrogen and oxygen atoms in total. The summed E-state index contributed by atoms with van der Waals surface area (Å²) in [4.78, 5) is 0. The van der Waals surface area contributed by atoms with Crippen molar-refractivity contribution in [3.05, 3.63) is 28.8 Å². The van der Waals surface area contributed by atoms with Gasteiger partial charge in [0.2, 0.25) is 0 Å². The highest BCUT2D eigenvalue weighted by atomic mass is 35.5. The van der Waals surface area contributed by atoms with Crippen LogP contribution in [-0.4, -0.2) is 19.3 Å². The predicted molar refractivity (Wildman–Crippen MR) is 62.8 cm³/mol. The van der Waals surface area contributed by atoms with Crippen LogP contribution in [0.3, 0.4) is 0 Å². The molecule has 2 rings (SSSR count).